The summed E-state index contributed by atoms with van der Waals surface area (Å²) < 4.78 is 5.92. The van der Waals surface area contributed by atoms with Gasteiger partial charge in [-0.15, -0.1) is 0 Å². The van der Waals surface area contributed by atoms with Gasteiger partial charge in [-0.25, -0.2) is 0 Å². The van der Waals surface area contributed by atoms with Crippen LogP contribution >= 0.6 is 15.9 Å². The number of benzene rings is 2. The first-order valence-electron chi connectivity index (χ1n) is 7.39. The second kappa shape index (κ2) is 7.97. The van der Waals surface area contributed by atoms with Crippen LogP contribution in [-0.4, -0.2) is 23.1 Å². The van der Waals surface area contributed by atoms with Gasteiger partial charge >= 0.3 is 5.97 Å². The molecule has 1 amide bonds. The van der Waals surface area contributed by atoms with E-state index in [1.54, 1.807) is 18.2 Å². The van der Waals surface area contributed by atoms with Crippen LogP contribution in [0.1, 0.15) is 18.1 Å². The molecule has 0 saturated heterocycles. The molecule has 2 aromatic rings. The van der Waals surface area contributed by atoms with E-state index in [1.165, 1.54) is 19.1 Å². The summed E-state index contributed by atoms with van der Waals surface area (Å²) in [5.74, 6) is -0.784. The number of nitrogens with one attached hydrogen (secondary N) is 1. The maximum absolute atomic E-state index is 12.1. The zero-order valence-corrected chi connectivity index (χ0v) is 15.0. The third-order valence-corrected chi connectivity index (χ3v) is 4.00. The molecule has 0 bridgehead atoms. The Morgan fingerprint density at radius 2 is 1.88 bits per heavy atom. The van der Waals surface area contributed by atoms with Crippen molar-refractivity contribution < 1.29 is 19.4 Å². The van der Waals surface area contributed by atoms with Crippen molar-refractivity contribution in [2.75, 3.05) is 5.32 Å². The Balaban J connectivity index is 1.90. The summed E-state index contributed by atoms with van der Waals surface area (Å²) in [5, 5.41) is 11.9. The molecule has 0 radical (unpaired) electrons. The van der Waals surface area contributed by atoms with Crippen LogP contribution in [-0.2, 0) is 20.7 Å². The summed E-state index contributed by atoms with van der Waals surface area (Å²) in [5.41, 5.74) is 2.38. The summed E-state index contributed by atoms with van der Waals surface area (Å²) >= 11 is 3.38. The summed E-state index contributed by atoms with van der Waals surface area (Å²) in [4.78, 5) is 24.0. The topological polar surface area (TPSA) is 75.6 Å². The van der Waals surface area contributed by atoms with Gasteiger partial charge in [-0.3, -0.25) is 9.59 Å². The fraction of sp³-hybridized carbons (Fsp3) is 0.222. The predicted molar refractivity (Wildman–Crippen MR) is 94.9 cm³/mol. The van der Waals surface area contributed by atoms with Crippen LogP contribution in [0.5, 0.6) is 5.75 Å². The fourth-order valence-electron chi connectivity index (χ4n) is 2.03. The Labute approximate surface area is 148 Å². The number of aryl methyl sites for hydroxylation is 1. The third kappa shape index (κ3) is 5.09. The van der Waals surface area contributed by atoms with Gasteiger partial charge in [0.25, 0.3) is 5.91 Å². The van der Waals surface area contributed by atoms with Gasteiger partial charge in [0, 0.05) is 4.47 Å². The molecule has 2 aromatic carbocycles. The molecule has 0 unspecified atom stereocenters. The van der Waals surface area contributed by atoms with E-state index >= 15 is 0 Å². The lowest BCUT2D eigenvalue weighted by Gasteiger charge is -2.14. The van der Waals surface area contributed by atoms with Crippen molar-refractivity contribution in [3.8, 4) is 5.75 Å². The molecule has 2 rings (SSSR count). The Bertz CT molecular complexity index is 743. The Morgan fingerprint density at radius 1 is 1.21 bits per heavy atom. The van der Waals surface area contributed by atoms with E-state index in [2.05, 4.69) is 21.2 Å². The van der Waals surface area contributed by atoms with Crippen molar-refractivity contribution in [2.24, 2.45) is 0 Å². The summed E-state index contributed by atoms with van der Waals surface area (Å²) in [6.07, 6.45) is -0.880. The summed E-state index contributed by atoms with van der Waals surface area (Å²) in [6, 6.07) is 11.8. The van der Waals surface area contributed by atoms with Crippen LogP contribution in [0, 0.1) is 6.92 Å². The maximum Gasteiger partial charge on any atom is 0.311 e. The molecule has 0 spiro atoms. The van der Waals surface area contributed by atoms with Gasteiger partial charge in [0.2, 0.25) is 0 Å². The fourth-order valence-corrected chi connectivity index (χ4v) is 2.62. The van der Waals surface area contributed by atoms with E-state index < -0.39 is 18.0 Å². The molecule has 0 aliphatic rings. The number of hydrogen-bond acceptors (Lipinski definition) is 4. The van der Waals surface area contributed by atoms with E-state index in [0.29, 0.717) is 11.3 Å². The van der Waals surface area contributed by atoms with Crippen LogP contribution in [0.15, 0.2) is 46.9 Å². The highest BCUT2D eigenvalue weighted by atomic mass is 79.9. The molecule has 6 heteroatoms. The average molecular weight is 392 g/mol. The zero-order chi connectivity index (χ0) is 17.7. The van der Waals surface area contributed by atoms with Gasteiger partial charge in [-0.1, -0.05) is 18.2 Å². The molecule has 2 N–H and O–H groups in total. The van der Waals surface area contributed by atoms with Crippen LogP contribution < -0.4 is 5.32 Å². The first kappa shape index (κ1) is 18.0. The van der Waals surface area contributed by atoms with Gasteiger partial charge < -0.3 is 15.2 Å². The minimum atomic E-state index is -0.914. The molecule has 24 heavy (non-hydrogen) atoms. The number of hydrogen-bond donors (Lipinski definition) is 2. The Hall–Kier alpha value is -2.34. The molecule has 126 valence electrons. The molecule has 0 aliphatic carbocycles. The number of anilines is 1. The van der Waals surface area contributed by atoms with Gasteiger partial charge in [0.1, 0.15) is 5.75 Å². The van der Waals surface area contributed by atoms with Crippen molar-refractivity contribution >= 4 is 33.5 Å². The number of aromatic hydroxyl groups is 1. The first-order valence-corrected chi connectivity index (χ1v) is 8.19. The quantitative estimate of drug-likeness (QED) is 0.763. The second-order valence-electron chi connectivity index (χ2n) is 5.45. The lowest BCUT2D eigenvalue weighted by Crippen LogP contribution is -2.30. The molecule has 5 nitrogen and oxygen atoms in total. The number of ether oxygens (including phenoxy) is 1. The zero-order valence-electron chi connectivity index (χ0n) is 13.4. The van der Waals surface area contributed by atoms with Crippen molar-refractivity contribution in [2.45, 2.75) is 26.4 Å². The van der Waals surface area contributed by atoms with E-state index in [0.717, 1.165) is 10.0 Å². The van der Waals surface area contributed by atoms with Gasteiger partial charge in [0.05, 0.1) is 12.1 Å². The van der Waals surface area contributed by atoms with E-state index in [-0.39, 0.29) is 12.2 Å². The van der Waals surface area contributed by atoms with Crippen LogP contribution in [0.2, 0.25) is 0 Å². The molecule has 0 saturated carbocycles. The van der Waals surface area contributed by atoms with E-state index in [4.69, 9.17) is 4.74 Å². The van der Waals surface area contributed by atoms with Crippen molar-refractivity contribution in [1.82, 2.24) is 0 Å². The normalized spacial score (nSPS) is 11.6. The molecule has 0 heterocycles. The summed E-state index contributed by atoms with van der Waals surface area (Å²) in [7, 11) is 0. The summed E-state index contributed by atoms with van der Waals surface area (Å²) in [6.45, 7) is 3.47. The number of phenolic OH excluding ortho intramolecular Hbond substituents is 1. The number of rotatable bonds is 5. The number of carbonyl (C=O) groups excluding carboxylic acids is 2. The molecule has 1 atom stereocenters. The van der Waals surface area contributed by atoms with Gasteiger partial charge in [-0.05, 0) is 65.2 Å². The van der Waals surface area contributed by atoms with E-state index in [1.807, 2.05) is 19.1 Å². The van der Waals surface area contributed by atoms with Crippen LogP contribution in [0.25, 0.3) is 0 Å². The smallest absolute Gasteiger partial charge is 0.311 e. The maximum atomic E-state index is 12.1. The van der Waals surface area contributed by atoms with Crippen LogP contribution in [0.3, 0.4) is 0 Å². The second-order valence-corrected chi connectivity index (χ2v) is 6.30. The van der Waals surface area contributed by atoms with Crippen molar-refractivity contribution in [3.63, 3.8) is 0 Å². The van der Waals surface area contributed by atoms with Gasteiger partial charge in [-0.2, -0.15) is 0 Å². The molecule has 0 fully saturated rings. The highest BCUT2D eigenvalue weighted by Gasteiger charge is 2.19. The SMILES string of the molecule is Cc1ccc(NC(=O)[C@@H](C)OC(=O)Cc2ccc(O)cc2)c(Br)c1. The molecule has 0 aromatic heterocycles. The number of carbonyl (C=O) groups is 2. The highest BCUT2D eigenvalue weighted by molar-refractivity contribution is 9.10. The van der Waals surface area contributed by atoms with E-state index in [9.17, 15) is 14.7 Å². The minimum absolute atomic E-state index is 0.0339. The minimum Gasteiger partial charge on any atom is -0.508 e. The average Bonchev–Trinajstić information content (AvgIpc) is 2.52. The number of esters is 1. The lowest BCUT2D eigenvalue weighted by atomic mass is 10.1. The van der Waals surface area contributed by atoms with Crippen molar-refractivity contribution in [1.29, 1.82) is 0 Å². The largest absolute Gasteiger partial charge is 0.508 e. The monoisotopic (exact) mass is 391 g/mol. The highest BCUT2D eigenvalue weighted by Crippen LogP contribution is 2.23. The van der Waals surface area contributed by atoms with Gasteiger partial charge in [0.15, 0.2) is 6.10 Å². The number of halogens is 1. The van der Waals surface area contributed by atoms with Crippen molar-refractivity contribution in [3.05, 3.63) is 58.1 Å². The first-order chi connectivity index (χ1) is 11.3. The Kier molecular flexibility index (Phi) is 5.98. The molecular weight excluding hydrogens is 374 g/mol. The Morgan fingerprint density at radius 3 is 2.50 bits per heavy atom. The number of amides is 1. The van der Waals surface area contributed by atoms with Crippen LogP contribution in [0.4, 0.5) is 5.69 Å². The third-order valence-electron chi connectivity index (χ3n) is 3.34. The molecular formula is C18H18BrNO4. The standard InChI is InChI=1S/C18H18BrNO4/c1-11-3-8-16(15(19)9-11)20-18(23)12(2)24-17(22)10-13-4-6-14(21)7-5-13/h3-9,12,21H,10H2,1-2H3,(H,20,23)/t12-/m1/s1. The number of phenols is 1. The predicted octanol–water partition coefficient (Wildman–Crippen LogP) is 3.58. The lowest BCUT2D eigenvalue weighted by molar-refractivity contribution is -0.152. The molecule has 0 aliphatic heterocycles.